The average molecular weight is 469 g/mol. The molecule has 0 aliphatic carbocycles. The van der Waals surface area contributed by atoms with Crippen molar-refractivity contribution in [3.8, 4) is 5.75 Å². The summed E-state index contributed by atoms with van der Waals surface area (Å²) in [6.07, 6.45) is 8.05. The molecule has 1 atom stereocenters. The maximum absolute atomic E-state index is 13.0. The van der Waals surface area contributed by atoms with Crippen LogP contribution in [0.3, 0.4) is 0 Å². The van der Waals surface area contributed by atoms with E-state index in [1.165, 1.54) is 12.1 Å². The summed E-state index contributed by atoms with van der Waals surface area (Å²) in [6, 6.07) is 13.3. The number of carbonyl (C=O) groups excluding carboxylic acids is 1. The van der Waals surface area contributed by atoms with Crippen LogP contribution < -0.4 is 10.1 Å². The highest BCUT2D eigenvalue weighted by Crippen LogP contribution is 2.27. The van der Waals surface area contributed by atoms with Gasteiger partial charge in [-0.25, -0.2) is 13.4 Å². The highest BCUT2D eigenvalue weighted by molar-refractivity contribution is 7.89. The minimum Gasteiger partial charge on any atom is -0.490 e. The number of nitrogens with zero attached hydrogens (tertiary/aromatic N) is 3. The number of rotatable bonds is 8. The predicted molar refractivity (Wildman–Crippen MR) is 126 cm³/mol. The highest BCUT2D eigenvalue weighted by Gasteiger charge is 2.30. The minimum atomic E-state index is -3.57. The Kier molecular flexibility index (Phi) is 7.10. The first kappa shape index (κ1) is 23.0. The van der Waals surface area contributed by atoms with Crippen molar-refractivity contribution in [1.82, 2.24) is 13.9 Å². The molecule has 4 rings (SSSR count). The zero-order valence-electron chi connectivity index (χ0n) is 18.6. The molecule has 2 heterocycles. The van der Waals surface area contributed by atoms with Crippen LogP contribution in [0.15, 0.2) is 72.1 Å². The SMILES string of the molecule is CC1CCCCN1S(=O)(=O)c1ccc(C(=O)Nc2ccccc2OCCn2ccnc2)cc1. The molecule has 1 aliphatic heterocycles. The van der Waals surface area contributed by atoms with Gasteiger partial charge in [-0.1, -0.05) is 18.6 Å². The van der Waals surface area contributed by atoms with Gasteiger partial charge < -0.3 is 14.6 Å². The van der Waals surface area contributed by atoms with E-state index in [9.17, 15) is 13.2 Å². The van der Waals surface area contributed by atoms with Crippen LogP contribution in [-0.2, 0) is 16.6 Å². The summed E-state index contributed by atoms with van der Waals surface area (Å²) in [5.74, 6) is 0.222. The maximum Gasteiger partial charge on any atom is 0.255 e. The lowest BCUT2D eigenvalue weighted by atomic mass is 10.1. The molecule has 2 aromatic carbocycles. The number of amides is 1. The number of ether oxygens (including phenoxy) is 1. The normalized spacial score (nSPS) is 16.9. The van der Waals surface area contributed by atoms with Crippen molar-refractivity contribution in [3.05, 3.63) is 72.8 Å². The summed E-state index contributed by atoms with van der Waals surface area (Å²) in [7, 11) is -3.57. The Balaban J connectivity index is 1.42. The fourth-order valence-electron chi connectivity index (χ4n) is 3.91. The zero-order chi connectivity index (χ0) is 23.3. The fraction of sp³-hybridized carbons (Fsp3) is 0.333. The van der Waals surface area contributed by atoms with Crippen molar-refractivity contribution in [2.75, 3.05) is 18.5 Å². The molecule has 1 aromatic heterocycles. The first-order valence-corrected chi connectivity index (χ1v) is 12.5. The molecule has 1 fully saturated rings. The molecular formula is C24H28N4O4S. The van der Waals surface area contributed by atoms with E-state index < -0.39 is 10.0 Å². The van der Waals surface area contributed by atoms with Gasteiger partial charge in [0.05, 0.1) is 23.5 Å². The molecule has 174 valence electrons. The third-order valence-electron chi connectivity index (χ3n) is 5.77. The van der Waals surface area contributed by atoms with Crippen LogP contribution in [0.2, 0.25) is 0 Å². The highest BCUT2D eigenvalue weighted by atomic mass is 32.2. The van der Waals surface area contributed by atoms with Gasteiger partial charge in [-0.2, -0.15) is 4.31 Å². The molecule has 1 N–H and O–H groups in total. The van der Waals surface area contributed by atoms with Crippen molar-refractivity contribution in [1.29, 1.82) is 0 Å². The molecule has 9 heteroatoms. The van der Waals surface area contributed by atoms with Crippen LogP contribution in [-0.4, -0.2) is 47.4 Å². The van der Waals surface area contributed by atoms with Gasteiger partial charge in [0, 0.05) is 30.5 Å². The van der Waals surface area contributed by atoms with E-state index >= 15 is 0 Å². The molecule has 33 heavy (non-hydrogen) atoms. The van der Waals surface area contributed by atoms with Gasteiger partial charge in [0.2, 0.25) is 10.0 Å². The number of benzene rings is 2. The summed E-state index contributed by atoms with van der Waals surface area (Å²) in [5, 5.41) is 2.86. The van der Waals surface area contributed by atoms with E-state index in [1.54, 1.807) is 41.1 Å². The number of piperidine rings is 1. The van der Waals surface area contributed by atoms with Crippen molar-refractivity contribution >= 4 is 21.6 Å². The number of hydrogen-bond acceptors (Lipinski definition) is 5. The second-order valence-electron chi connectivity index (χ2n) is 8.08. The van der Waals surface area contributed by atoms with Gasteiger partial charge in [-0.05, 0) is 56.2 Å². The monoisotopic (exact) mass is 468 g/mol. The van der Waals surface area contributed by atoms with E-state index in [2.05, 4.69) is 10.3 Å². The molecule has 8 nitrogen and oxygen atoms in total. The number of anilines is 1. The number of nitrogens with one attached hydrogen (secondary N) is 1. The molecule has 0 saturated carbocycles. The van der Waals surface area contributed by atoms with Crippen molar-refractivity contribution in [2.45, 2.75) is 43.7 Å². The molecule has 0 spiro atoms. The van der Waals surface area contributed by atoms with Crippen molar-refractivity contribution in [3.63, 3.8) is 0 Å². The van der Waals surface area contributed by atoms with Gasteiger partial charge in [-0.15, -0.1) is 0 Å². The second-order valence-corrected chi connectivity index (χ2v) is 9.97. The Morgan fingerprint density at radius 2 is 1.94 bits per heavy atom. The number of hydrogen-bond donors (Lipinski definition) is 1. The number of aromatic nitrogens is 2. The number of carbonyl (C=O) groups is 1. The molecule has 1 aliphatic rings. The first-order chi connectivity index (χ1) is 15.9. The van der Waals surface area contributed by atoms with E-state index in [0.29, 0.717) is 36.7 Å². The third kappa shape index (κ3) is 5.43. The lowest BCUT2D eigenvalue weighted by Gasteiger charge is -2.32. The third-order valence-corrected chi connectivity index (χ3v) is 7.79. The Hall–Kier alpha value is -3.17. The van der Waals surface area contributed by atoms with Crippen LogP contribution in [0.25, 0.3) is 0 Å². The van der Waals surface area contributed by atoms with Gasteiger partial charge in [0.1, 0.15) is 12.4 Å². The van der Waals surface area contributed by atoms with Crippen LogP contribution in [0, 0.1) is 0 Å². The Labute approximate surface area is 194 Å². The predicted octanol–water partition coefficient (Wildman–Crippen LogP) is 3.78. The van der Waals surface area contributed by atoms with Crippen LogP contribution >= 0.6 is 0 Å². The molecule has 1 saturated heterocycles. The topological polar surface area (TPSA) is 93.5 Å². The van der Waals surface area contributed by atoms with E-state index in [4.69, 9.17) is 4.74 Å². The van der Waals surface area contributed by atoms with Crippen molar-refractivity contribution in [2.24, 2.45) is 0 Å². The number of para-hydroxylation sites is 2. The lowest BCUT2D eigenvalue weighted by molar-refractivity contribution is 0.102. The summed E-state index contributed by atoms with van der Waals surface area (Å²) in [6.45, 7) is 3.52. The van der Waals surface area contributed by atoms with E-state index in [-0.39, 0.29) is 16.8 Å². The molecule has 1 unspecified atom stereocenters. The summed E-state index contributed by atoms with van der Waals surface area (Å²) < 4.78 is 35.3. The number of imidazole rings is 1. The molecule has 0 radical (unpaired) electrons. The van der Waals surface area contributed by atoms with Crippen LogP contribution in [0.5, 0.6) is 5.75 Å². The summed E-state index contributed by atoms with van der Waals surface area (Å²) in [5.41, 5.74) is 0.917. The molecular weight excluding hydrogens is 440 g/mol. The second kappa shape index (κ2) is 10.2. The van der Waals surface area contributed by atoms with E-state index in [0.717, 1.165) is 19.3 Å². The molecule has 1 amide bonds. The maximum atomic E-state index is 13.0. The van der Waals surface area contributed by atoms with Crippen LogP contribution in [0.1, 0.15) is 36.5 Å². The fourth-order valence-corrected chi connectivity index (χ4v) is 5.61. The minimum absolute atomic E-state index is 0.0167. The summed E-state index contributed by atoms with van der Waals surface area (Å²) >= 11 is 0. The lowest BCUT2D eigenvalue weighted by Crippen LogP contribution is -2.41. The summed E-state index contributed by atoms with van der Waals surface area (Å²) in [4.78, 5) is 17.0. The Morgan fingerprint density at radius 3 is 2.67 bits per heavy atom. The average Bonchev–Trinajstić information content (AvgIpc) is 3.34. The standard InChI is InChI=1S/C24H28N4O4S/c1-19-6-4-5-14-28(19)33(30,31)21-11-9-20(10-12-21)24(29)26-22-7-2-3-8-23(22)32-17-16-27-15-13-25-18-27/h2-3,7-13,15,18-19H,4-6,14,16-17H2,1H3,(H,26,29). The van der Waals surface area contributed by atoms with Crippen molar-refractivity contribution < 1.29 is 17.9 Å². The molecule has 3 aromatic rings. The zero-order valence-corrected chi connectivity index (χ0v) is 19.4. The smallest absolute Gasteiger partial charge is 0.255 e. The van der Waals surface area contributed by atoms with Gasteiger partial charge in [0.15, 0.2) is 0 Å². The largest absolute Gasteiger partial charge is 0.490 e. The number of sulfonamides is 1. The molecule has 0 bridgehead atoms. The van der Waals surface area contributed by atoms with Gasteiger partial charge in [-0.3, -0.25) is 4.79 Å². The van der Waals surface area contributed by atoms with Gasteiger partial charge >= 0.3 is 0 Å². The van der Waals surface area contributed by atoms with Crippen LogP contribution in [0.4, 0.5) is 5.69 Å². The Morgan fingerprint density at radius 1 is 1.15 bits per heavy atom. The first-order valence-electron chi connectivity index (χ1n) is 11.1. The quantitative estimate of drug-likeness (QED) is 0.543. The van der Waals surface area contributed by atoms with Gasteiger partial charge in [0.25, 0.3) is 5.91 Å². The Bertz CT molecular complexity index is 1180. The van der Waals surface area contributed by atoms with E-state index in [1.807, 2.05) is 29.8 Å².